The van der Waals surface area contributed by atoms with E-state index in [1.165, 1.54) is 0 Å². The molecule has 0 atom stereocenters. The molecule has 0 aromatic heterocycles. The smallest absolute Gasteiger partial charge is 0.132 e. The van der Waals surface area contributed by atoms with Gasteiger partial charge in [-0.25, -0.2) is 0 Å². The summed E-state index contributed by atoms with van der Waals surface area (Å²) in [4.78, 5) is 13.5. The number of rotatable bonds is 5. The van der Waals surface area contributed by atoms with E-state index in [9.17, 15) is 4.79 Å². The van der Waals surface area contributed by atoms with Crippen LogP contribution in [0.4, 0.5) is 0 Å². The summed E-state index contributed by atoms with van der Waals surface area (Å²) in [5, 5.41) is 0. The zero-order valence-electron chi connectivity index (χ0n) is 9.13. The standard InChI is InChI=1S/C11H21NO2/c1-2-11(13)5-3-6-12-7-4-9-14-10-8-12/h2-10H2,1H3. The number of carbonyl (C=O) groups is 1. The highest BCUT2D eigenvalue weighted by Crippen LogP contribution is 2.02. The fourth-order valence-electron chi connectivity index (χ4n) is 1.70. The maximum atomic E-state index is 11.1. The van der Waals surface area contributed by atoms with E-state index in [0.717, 1.165) is 52.1 Å². The number of ketones is 1. The third-order valence-electron chi connectivity index (χ3n) is 2.64. The monoisotopic (exact) mass is 199 g/mol. The van der Waals surface area contributed by atoms with Gasteiger partial charge in [0.15, 0.2) is 0 Å². The molecule has 3 nitrogen and oxygen atoms in total. The molecule has 0 N–H and O–H groups in total. The summed E-state index contributed by atoms with van der Waals surface area (Å²) >= 11 is 0. The SMILES string of the molecule is CCC(=O)CCCN1CCCOCC1. The van der Waals surface area contributed by atoms with Crippen molar-refractivity contribution in [2.24, 2.45) is 0 Å². The molecule has 0 spiro atoms. The third-order valence-corrected chi connectivity index (χ3v) is 2.64. The van der Waals surface area contributed by atoms with Crippen LogP contribution in [0.3, 0.4) is 0 Å². The van der Waals surface area contributed by atoms with Gasteiger partial charge in [-0.3, -0.25) is 4.79 Å². The second kappa shape index (κ2) is 6.96. The van der Waals surface area contributed by atoms with Crippen molar-refractivity contribution in [1.82, 2.24) is 4.90 Å². The van der Waals surface area contributed by atoms with Gasteiger partial charge in [0, 0.05) is 32.5 Å². The molecule has 0 saturated carbocycles. The van der Waals surface area contributed by atoms with Gasteiger partial charge in [-0.15, -0.1) is 0 Å². The van der Waals surface area contributed by atoms with E-state index in [-0.39, 0.29) is 0 Å². The molecule has 82 valence electrons. The highest BCUT2D eigenvalue weighted by molar-refractivity contribution is 5.77. The van der Waals surface area contributed by atoms with Crippen LogP contribution in [-0.4, -0.2) is 43.5 Å². The van der Waals surface area contributed by atoms with Crippen molar-refractivity contribution in [1.29, 1.82) is 0 Å². The molecule has 14 heavy (non-hydrogen) atoms. The first-order valence-corrected chi connectivity index (χ1v) is 5.64. The van der Waals surface area contributed by atoms with Crippen LogP contribution >= 0.6 is 0 Å². The third kappa shape index (κ3) is 4.72. The minimum absolute atomic E-state index is 0.385. The lowest BCUT2D eigenvalue weighted by atomic mass is 10.2. The van der Waals surface area contributed by atoms with E-state index in [2.05, 4.69) is 4.90 Å². The van der Waals surface area contributed by atoms with Gasteiger partial charge in [0.1, 0.15) is 5.78 Å². The number of carbonyl (C=O) groups excluding carboxylic acids is 1. The molecule has 0 aromatic carbocycles. The Labute approximate surface area is 86.4 Å². The van der Waals surface area contributed by atoms with Gasteiger partial charge in [0.05, 0.1) is 6.61 Å². The first-order chi connectivity index (χ1) is 6.83. The summed E-state index contributed by atoms with van der Waals surface area (Å²) in [6, 6.07) is 0. The maximum Gasteiger partial charge on any atom is 0.132 e. The Hall–Kier alpha value is -0.410. The second-order valence-corrected chi connectivity index (χ2v) is 3.80. The van der Waals surface area contributed by atoms with Gasteiger partial charge >= 0.3 is 0 Å². The van der Waals surface area contributed by atoms with Crippen LogP contribution in [0.15, 0.2) is 0 Å². The molecule has 1 rings (SSSR count). The summed E-state index contributed by atoms with van der Waals surface area (Å²) in [5.74, 6) is 0.385. The number of nitrogens with zero attached hydrogens (tertiary/aromatic N) is 1. The zero-order valence-corrected chi connectivity index (χ0v) is 9.13. The highest BCUT2D eigenvalue weighted by atomic mass is 16.5. The van der Waals surface area contributed by atoms with Crippen molar-refractivity contribution in [3.63, 3.8) is 0 Å². The van der Waals surface area contributed by atoms with Gasteiger partial charge < -0.3 is 9.64 Å². The van der Waals surface area contributed by atoms with Crippen LogP contribution in [0.2, 0.25) is 0 Å². The van der Waals surface area contributed by atoms with Crippen molar-refractivity contribution in [2.75, 3.05) is 32.8 Å². The average Bonchev–Trinajstić information content (AvgIpc) is 2.46. The first kappa shape index (κ1) is 11.7. The molecular formula is C11H21NO2. The number of hydrogen-bond acceptors (Lipinski definition) is 3. The van der Waals surface area contributed by atoms with Crippen LogP contribution in [0, 0.1) is 0 Å². The van der Waals surface area contributed by atoms with Gasteiger partial charge in [-0.1, -0.05) is 6.92 Å². The zero-order chi connectivity index (χ0) is 10.2. The molecule has 0 radical (unpaired) electrons. The number of hydrogen-bond donors (Lipinski definition) is 0. The number of Topliss-reactive ketones (excluding diaryl/α,β-unsaturated/α-hetero) is 1. The Bertz CT molecular complexity index is 163. The van der Waals surface area contributed by atoms with Crippen LogP contribution in [0.1, 0.15) is 32.6 Å². The largest absolute Gasteiger partial charge is 0.380 e. The molecule has 0 aliphatic carbocycles. The predicted octanol–water partition coefficient (Wildman–Crippen LogP) is 1.47. The Morgan fingerprint density at radius 1 is 1.36 bits per heavy atom. The van der Waals surface area contributed by atoms with E-state index in [1.807, 2.05) is 6.92 Å². The van der Waals surface area contributed by atoms with Crippen molar-refractivity contribution in [2.45, 2.75) is 32.6 Å². The molecular weight excluding hydrogens is 178 g/mol. The molecule has 1 heterocycles. The Balaban J connectivity index is 2.07. The molecule has 0 aromatic rings. The Morgan fingerprint density at radius 2 is 2.21 bits per heavy atom. The van der Waals surface area contributed by atoms with E-state index >= 15 is 0 Å². The highest BCUT2D eigenvalue weighted by Gasteiger charge is 2.08. The lowest BCUT2D eigenvalue weighted by molar-refractivity contribution is -0.118. The van der Waals surface area contributed by atoms with Gasteiger partial charge in [0.25, 0.3) is 0 Å². The molecule has 1 fully saturated rings. The normalized spacial score (nSPS) is 19.2. The molecule has 0 bridgehead atoms. The van der Waals surface area contributed by atoms with Crippen molar-refractivity contribution in [3.05, 3.63) is 0 Å². The molecule has 1 aliphatic rings. The molecule has 0 unspecified atom stereocenters. The second-order valence-electron chi connectivity index (χ2n) is 3.80. The quantitative estimate of drug-likeness (QED) is 0.671. The van der Waals surface area contributed by atoms with Crippen molar-refractivity contribution in [3.8, 4) is 0 Å². The lowest BCUT2D eigenvalue weighted by Crippen LogP contribution is -2.27. The van der Waals surface area contributed by atoms with Crippen molar-refractivity contribution < 1.29 is 9.53 Å². The van der Waals surface area contributed by atoms with Crippen LogP contribution < -0.4 is 0 Å². The predicted molar refractivity (Wildman–Crippen MR) is 56.4 cm³/mol. The first-order valence-electron chi connectivity index (χ1n) is 5.64. The minimum atomic E-state index is 0.385. The van der Waals surface area contributed by atoms with E-state index in [1.54, 1.807) is 0 Å². The van der Waals surface area contributed by atoms with Gasteiger partial charge in [0.2, 0.25) is 0 Å². The Kier molecular flexibility index (Phi) is 5.80. The topological polar surface area (TPSA) is 29.5 Å². The molecule has 0 amide bonds. The van der Waals surface area contributed by atoms with Crippen LogP contribution in [0.25, 0.3) is 0 Å². The van der Waals surface area contributed by atoms with Crippen LogP contribution in [0.5, 0.6) is 0 Å². The minimum Gasteiger partial charge on any atom is -0.380 e. The fourth-order valence-corrected chi connectivity index (χ4v) is 1.70. The number of ether oxygens (including phenoxy) is 1. The summed E-state index contributed by atoms with van der Waals surface area (Å²) in [7, 11) is 0. The molecule has 3 heteroatoms. The molecule has 1 aliphatic heterocycles. The average molecular weight is 199 g/mol. The lowest BCUT2D eigenvalue weighted by Gasteiger charge is -2.18. The van der Waals surface area contributed by atoms with Crippen molar-refractivity contribution >= 4 is 5.78 Å². The van der Waals surface area contributed by atoms with Crippen LogP contribution in [-0.2, 0) is 9.53 Å². The van der Waals surface area contributed by atoms with E-state index < -0.39 is 0 Å². The molecule has 1 saturated heterocycles. The van der Waals surface area contributed by atoms with E-state index in [0.29, 0.717) is 12.2 Å². The summed E-state index contributed by atoms with van der Waals surface area (Å²) in [5.41, 5.74) is 0. The Morgan fingerprint density at radius 3 is 3.00 bits per heavy atom. The van der Waals surface area contributed by atoms with E-state index in [4.69, 9.17) is 4.74 Å². The summed E-state index contributed by atoms with van der Waals surface area (Å²) in [6.45, 7) is 6.88. The summed E-state index contributed by atoms with van der Waals surface area (Å²) in [6.07, 6.45) is 3.56. The summed E-state index contributed by atoms with van der Waals surface area (Å²) < 4.78 is 5.36. The van der Waals surface area contributed by atoms with Gasteiger partial charge in [-0.05, 0) is 19.4 Å². The van der Waals surface area contributed by atoms with Gasteiger partial charge in [-0.2, -0.15) is 0 Å². The fraction of sp³-hybridized carbons (Fsp3) is 0.909. The maximum absolute atomic E-state index is 11.1.